The molecule has 28 nitrogen and oxygen atoms in total. The highest BCUT2D eigenvalue weighted by atomic mass is 31.2. The zero-order valence-corrected chi connectivity index (χ0v) is 52.8. The number of carbonyl (C=O) groups is 12. The summed E-state index contributed by atoms with van der Waals surface area (Å²) in [6.07, 6.45) is 9.45. The quantitative estimate of drug-likeness (QED) is 0.0185. The molecule has 6 rings (SSSR count). The Kier molecular flexibility index (Phi) is 31.3. The van der Waals surface area contributed by atoms with Gasteiger partial charge >= 0.3 is 46.6 Å². The van der Waals surface area contributed by atoms with Crippen LogP contribution in [0.4, 0.5) is 8.78 Å². The van der Waals surface area contributed by atoms with Crippen molar-refractivity contribution in [3.8, 4) is 5.75 Å². The van der Waals surface area contributed by atoms with E-state index in [2.05, 4.69) is 4.52 Å². The molecule has 3 fully saturated rings. The smallest absolute Gasteiger partial charge is 0.404 e. The Morgan fingerprint density at radius 2 is 0.652 bits per heavy atom. The lowest BCUT2D eigenvalue weighted by molar-refractivity contribution is -0.197. The molecule has 3 aliphatic heterocycles. The zero-order chi connectivity index (χ0) is 68.2. The van der Waals surface area contributed by atoms with Crippen molar-refractivity contribution in [1.29, 1.82) is 0 Å². The van der Waals surface area contributed by atoms with E-state index in [1.165, 1.54) is 24.3 Å². The third kappa shape index (κ3) is 29.1. The number of hydrogen-bond acceptors (Lipinski definition) is 19. The molecule has 0 unspecified atom stereocenters. The Morgan fingerprint density at radius 1 is 0.391 bits per heavy atom. The first-order valence-corrected chi connectivity index (χ1v) is 34.4. The van der Waals surface area contributed by atoms with E-state index in [9.17, 15) is 80.0 Å². The summed E-state index contributed by atoms with van der Waals surface area (Å²) in [5.74, 6) is -4.97. The number of Topliss-reactive ketones (excluding diaryl/α,β-unsaturated/α-hetero) is 3. The summed E-state index contributed by atoms with van der Waals surface area (Å²) >= 11 is 0. The molecule has 3 aliphatic rings. The molecular weight excluding hydrogens is 1280 g/mol. The number of nitrogens with zero attached hydrogens (tertiary/aromatic N) is 3. The van der Waals surface area contributed by atoms with Crippen LogP contribution in [-0.4, -0.2) is 115 Å². The molecule has 92 heavy (non-hydrogen) atoms. The fraction of sp³-hybridized carbons (Fsp3) is 0.492. The standard InChI is InChI=1S/C20H24F2NO8P.C20H26NO8P.C19H24NO9P/c21-20(22,32(28,29)30)15-9-7-14(8-10-15)13-16(24)5-3-1-2-4-6-19(27)31-23-17(25)11-12-18(23)26;22-17(13-15-7-9-16(10-8-15)14-30(26,27)28)5-3-1-2-4-6-20(25)29-21-18(23)11-12-19(21)24;21-15(13-14-7-9-16(10-8-14)29-30(25,26)27)5-3-1-2-4-6-19(24)28-20-17(22)11-12-18(20)23/h7-10H,1-6,11-13H2,(H2,28,29,30);7-10H,1-6,11-14H2,(H2,26,27,28);7-10H,1-6,11-13H2,(H2,25,26,27). The van der Waals surface area contributed by atoms with E-state index in [0.29, 0.717) is 103 Å². The molecule has 0 bridgehead atoms. The third-order valence-corrected chi connectivity index (χ3v) is 16.0. The van der Waals surface area contributed by atoms with Crippen LogP contribution in [0.2, 0.25) is 0 Å². The van der Waals surface area contributed by atoms with Gasteiger partial charge in [0.15, 0.2) is 0 Å². The number of imide groups is 3. The Balaban J connectivity index is 0.000000294. The number of ketones is 3. The van der Waals surface area contributed by atoms with E-state index in [4.69, 9.17) is 43.9 Å². The van der Waals surface area contributed by atoms with Gasteiger partial charge in [0, 0.05) is 102 Å². The van der Waals surface area contributed by atoms with E-state index in [0.717, 1.165) is 37.0 Å². The molecule has 6 amide bonds. The third-order valence-electron chi connectivity index (χ3n) is 13.8. The molecule has 3 aromatic rings. The van der Waals surface area contributed by atoms with Gasteiger partial charge in [-0.2, -0.15) is 8.78 Å². The second-order valence-corrected chi connectivity index (χ2v) is 26.1. The molecule has 3 aromatic carbocycles. The van der Waals surface area contributed by atoms with Gasteiger partial charge in [0.05, 0.1) is 6.16 Å². The van der Waals surface area contributed by atoms with Crippen LogP contribution in [-0.2, 0) is 117 Å². The number of hydroxylamine groups is 6. The maximum absolute atomic E-state index is 13.6. The number of phosphoric ester groups is 1. The second-order valence-electron chi connectivity index (χ2n) is 21.7. The average molecular weight is 1360 g/mol. The van der Waals surface area contributed by atoms with Crippen molar-refractivity contribution in [2.24, 2.45) is 0 Å². The molecule has 0 spiro atoms. The van der Waals surface area contributed by atoms with Gasteiger partial charge in [-0.1, -0.05) is 99.2 Å². The first-order valence-electron chi connectivity index (χ1n) is 29.4. The number of alkyl halides is 2. The summed E-state index contributed by atoms with van der Waals surface area (Å²) in [5, 5.41) is 1.58. The minimum absolute atomic E-state index is 0.00593. The van der Waals surface area contributed by atoms with Crippen LogP contribution in [0.25, 0.3) is 0 Å². The van der Waals surface area contributed by atoms with E-state index < -0.39 is 87.6 Å². The van der Waals surface area contributed by atoms with Gasteiger partial charge in [-0.15, -0.1) is 15.2 Å². The van der Waals surface area contributed by atoms with E-state index in [-0.39, 0.29) is 113 Å². The number of unbranched alkanes of at least 4 members (excludes halogenated alkanes) is 9. The molecule has 0 aromatic heterocycles. The van der Waals surface area contributed by atoms with Crippen LogP contribution in [0, 0.1) is 0 Å². The molecule has 6 N–H and O–H groups in total. The number of benzene rings is 3. The predicted octanol–water partition coefficient (Wildman–Crippen LogP) is 7.61. The van der Waals surface area contributed by atoms with Crippen LogP contribution in [0.15, 0.2) is 72.8 Å². The molecule has 0 saturated carbocycles. The van der Waals surface area contributed by atoms with Crippen molar-refractivity contribution in [1.82, 2.24) is 15.2 Å². The lowest BCUT2D eigenvalue weighted by Crippen LogP contribution is -2.31. The maximum Gasteiger partial charge on any atom is 0.524 e. The molecule has 0 radical (unpaired) electrons. The van der Waals surface area contributed by atoms with E-state index in [1.54, 1.807) is 36.4 Å². The van der Waals surface area contributed by atoms with Gasteiger partial charge in [-0.3, -0.25) is 62.1 Å². The van der Waals surface area contributed by atoms with Crippen molar-refractivity contribution < 1.29 is 128 Å². The summed E-state index contributed by atoms with van der Waals surface area (Å²) in [4.78, 5) is 206. The minimum Gasteiger partial charge on any atom is -0.404 e. The van der Waals surface area contributed by atoms with Crippen LogP contribution < -0.4 is 4.52 Å². The second kappa shape index (κ2) is 37.3. The molecule has 0 aliphatic carbocycles. The number of amides is 6. The monoisotopic (exact) mass is 1360 g/mol. The highest BCUT2D eigenvalue weighted by Gasteiger charge is 2.50. The Labute approximate surface area is 527 Å². The van der Waals surface area contributed by atoms with Crippen molar-refractivity contribution in [2.75, 3.05) is 0 Å². The van der Waals surface area contributed by atoms with Gasteiger partial charge in [0.1, 0.15) is 23.1 Å². The van der Waals surface area contributed by atoms with E-state index in [1.807, 2.05) is 0 Å². The topological polar surface area (TPSA) is 424 Å². The highest BCUT2D eigenvalue weighted by Crippen LogP contribution is 2.59. The fourth-order valence-corrected chi connectivity index (χ4v) is 10.6. The number of hydrogen-bond donors (Lipinski definition) is 6. The summed E-state index contributed by atoms with van der Waals surface area (Å²) in [7, 11) is -14.3. The zero-order valence-electron chi connectivity index (χ0n) is 50.1. The van der Waals surface area contributed by atoms with Crippen LogP contribution in [0.1, 0.15) is 182 Å². The molecular formula is C59H74F2N3O25P3. The molecule has 504 valence electrons. The first kappa shape index (κ1) is 77.1. The van der Waals surface area contributed by atoms with Gasteiger partial charge in [0.2, 0.25) is 0 Å². The summed E-state index contributed by atoms with van der Waals surface area (Å²) in [6.45, 7) is 0. The number of rotatable bonds is 36. The SMILES string of the molecule is O=C(CCCCCCC(=O)ON1C(=O)CCC1=O)Cc1ccc(C(F)(F)P(=O)(O)O)cc1.O=C(CCCCCCC(=O)ON1C(=O)CCC1=O)Cc1ccc(CP(=O)(O)O)cc1.O=C(CCCCCCC(=O)ON1C(=O)CCC1=O)Cc1ccc(OP(=O)(O)O)cc1. The largest absolute Gasteiger partial charge is 0.524 e. The number of phosphoric acid groups is 1. The van der Waals surface area contributed by atoms with Crippen molar-refractivity contribution in [3.05, 3.63) is 101 Å². The lowest BCUT2D eigenvalue weighted by atomic mass is 10.0. The number of carbonyl (C=O) groups excluding carboxylic acids is 12. The summed E-state index contributed by atoms with van der Waals surface area (Å²) in [5.41, 5.74) is -2.62. The van der Waals surface area contributed by atoms with Gasteiger partial charge in [0.25, 0.3) is 35.4 Å². The molecule has 0 atom stereocenters. The van der Waals surface area contributed by atoms with Crippen molar-refractivity contribution in [3.63, 3.8) is 0 Å². The van der Waals surface area contributed by atoms with Crippen molar-refractivity contribution in [2.45, 2.75) is 185 Å². The minimum atomic E-state index is -5.64. The Hall–Kier alpha value is -7.39. The van der Waals surface area contributed by atoms with Crippen LogP contribution in [0.3, 0.4) is 0 Å². The first-order chi connectivity index (χ1) is 43.2. The molecule has 33 heteroatoms. The molecule has 3 heterocycles. The summed E-state index contributed by atoms with van der Waals surface area (Å²) in [6, 6.07) is 16.8. The summed E-state index contributed by atoms with van der Waals surface area (Å²) < 4.78 is 64.3. The fourth-order valence-electron chi connectivity index (χ4n) is 9.00. The van der Waals surface area contributed by atoms with E-state index >= 15 is 0 Å². The predicted molar refractivity (Wildman–Crippen MR) is 314 cm³/mol. The van der Waals surface area contributed by atoms with Crippen molar-refractivity contribution >= 4 is 93.7 Å². The average Bonchev–Trinajstić information content (AvgIpc) is 1.19. The van der Waals surface area contributed by atoms with Crippen LogP contribution >= 0.6 is 23.0 Å². The normalized spacial score (nSPS) is 14.4. The van der Waals surface area contributed by atoms with Gasteiger partial charge < -0.3 is 38.6 Å². The van der Waals surface area contributed by atoms with Gasteiger partial charge in [-0.05, 0) is 72.9 Å². The number of halogens is 2. The van der Waals surface area contributed by atoms with Gasteiger partial charge in [-0.25, -0.2) is 18.9 Å². The Morgan fingerprint density at radius 3 is 0.924 bits per heavy atom. The Bertz CT molecular complexity index is 3070. The lowest BCUT2D eigenvalue weighted by Gasteiger charge is -2.18. The maximum atomic E-state index is 13.6. The highest BCUT2D eigenvalue weighted by molar-refractivity contribution is 7.52. The van der Waals surface area contributed by atoms with Crippen LogP contribution in [0.5, 0.6) is 5.75 Å². The molecule has 3 saturated heterocycles.